The highest BCUT2D eigenvalue weighted by molar-refractivity contribution is 5.86. The van der Waals surface area contributed by atoms with Gasteiger partial charge in [0.05, 0.1) is 6.20 Å². The SMILES string of the molecule is Cc1c(CNC(=O)C(CCC(=O)O)NC(=O)OCC2c3ccccc3-c3ccccc32)cnn1C. The quantitative estimate of drug-likeness (QED) is 0.436. The molecule has 0 radical (unpaired) electrons. The molecule has 0 spiro atoms. The van der Waals surface area contributed by atoms with Gasteiger partial charge in [0.15, 0.2) is 0 Å². The van der Waals surface area contributed by atoms with E-state index in [-0.39, 0.29) is 31.9 Å². The van der Waals surface area contributed by atoms with E-state index in [4.69, 9.17) is 9.84 Å². The summed E-state index contributed by atoms with van der Waals surface area (Å²) in [4.78, 5) is 36.5. The van der Waals surface area contributed by atoms with Gasteiger partial charge in [0, 0.05) is 37.2 Å². The van der Waals surface area contributed by atoms with E-state index in [1.165, 1.54) is 0 Å². The zero-order valence-electron chi connectivity index (χ0n) is 19.7. The molecule has 0 fully saturated rings. The first-order chi connectivity index (χ1) is 16.8. The van der Waals surface area contributed by atoms with Crippen molar-refractivity contribution in [1.82, 2.24) is 20.4 Å². The number of carbonyl (C=O) groups excluding carboxylic acids is 2. The van der Waals surface area contributed by atoms with E-state index in [0.29, 0.717) is 0 Å². The zero-order valence-corrected chi connectivity index (χ0v) is 19.7. The largest absolute Gasteiger partial charge is 0.481 e. The monoisotopic (exact) mass is 476 g/mol. The summed E-state index contributed by atoms with van der Waals surface area (Å²) in [5.74, 6) is -1.66. The molecule has 35 heavy (non-hydrogen) atoms. The Hall–Kier alpha value is -4.14. The summed E-state index contributed by atoms with van der Waals surface area (Å²) in [5.41, 5.74) is 6.11. The van der Waals surface area contributed by atoms with Crippen molar-refractivity contribution in [3.05, 3.63) is 77.1 Å². The van der Waals surface area contributed by atoms with Crippen molar-refractivity contribution < 1.29 is 24.2 Å². The Labute approximate surface area is 203 Å². The molecule has 1 heterocycles. The van der Waals surface area contributed by atoms with E-state index >= 15 is 0 Å². The molecule has 3 aromatic rings. The van der Waals surface area contributed by atoms with Crippen molar-refractivity contribution in [2.75, 3.05) is 6.61 Å². The number of aromatic nitrogens is 2. The molecular weight excluding hydrogens is 448 g/mol. The number of carboxylic acids is 1. The van der Waals surface area contributed by atoms with Crippen LogP contribution in [0, 0.1) is 6.92 Å². The lowest BCUT2D eigenvalue weighted by Crippen LogP contribution is -2.47. The lowest BCUT2D eigenvalue weighted by Gasteiger charge is -2.19. The summed E-state index contributed by atoms with van der Waals surface area (Å²) < 4.78 is 7.21. The highest BCUT2D eigenvalue weighted by Gasteiger charge is 2.30. The Morgan fingerprint density at radius 2 is 1.71 bits per heavy atom. The Bertz CT molecular complexity index is 1210. The minimum absolute atomic E-state index is 0.0582. The number of carbonyl (C=O) groups is 3. The number of carboxylic acid groups (broad SMARTS) is 1. The van der Waals surface area contributed by atoms with Gasteiger partial charge in [-0.05, 0) is 35.6 Å². The van der Waals surface area contributed by atoms with Crippen molar-refractivity contribution in [3.8, 4) is 11.1 Å². The first-order valence-corrected chi connectivity index (χ1v) is 11.4. The van der Waals surface area contributed by atoms with E-state index in [9.17, 15) is 14.4 Å². The van der Waals surface area contributed by atoms with Gasteiger partial charge in [-0.15, -0.1) is 0 Å². The van der Waals surface area contributed by atoms with Crippen LogP contribution in [0.25, 0.3) is 11.1 Å². The highest BCUT2D eigenvalue weighted by atomic mass is 16.5. The predicted octanol–water partition coefficient (Wildman–Crippen LogP) is 3.12. The van der Waals surface area contributed by atoms with Crippen molar-refractivity contribution >= 4 is 18.0 Å². The number of aryl methyl sites for hydroxylation is 1. The molecule has 2 amide bonds. The Morgan fingerprint density at radius 3 is 2.29 bits per heavy atom. The lowest BCUT2D eigenvalue weighted by molar-refractivity contribution is -0.137. The number of ether oxygens (including phenoxy) is 1. The van der Waals surface area contributed by atoms with E-state index < -0.39 is 24.0 Å². The van der Waals surface area contributed by atoms with Crippen LogP contribution < -0.4 is 10.6 Å². The molecule has 1 unspecified atom stereocenters. The highest BCUT2D eigenvalue weighted by Crippen LogP contribution is 2.44. The Balaban J connectivity index is 1.39. The molecule has 182 valence electrons. The number of fused-ring (bicyclic) bond motifs is 3. The maximum Gasteiger partial charge on any atom is 0.407 e. The minimum atomic E-state index is -1.06. The van der Waals surface area contributed by atoms with Crippen molar-refractivity contribution in [1.29, 1.82) is 0 Å². The van der Waals surface area contributed by atoms with Gasteiger partial charge in [-0.1, -0.05) is 48.5 Å². The average molecular weight is 477 g/mol. The molecule has 1 aromatic heterocycles. The molecule has 2 aromatic carbocycles. The van der Waals surface area contributed by atoms with Gasteiger partial charge in [0.25, 0.3) is 0 Å². The van der Waals surface area contributed by atoms with Crippen LogP contribution in [0.5, 0.6) is 0 Å². The summed E-state index contributed by atoms with van der Waals surface area (Å²) in [6.07, 6.45) is 0.557. The molecule has 9 nitrogen and oxygen atoms in total. The molecular formula is C26H28N4O5. The van der Waals surface area contributed by atoms with Crippen molar-refractivity contribution in [2.45, 2.75) is 38.3 Å². The molecule has 3 N–H and O–H groups in total. The van der Waals surface area contributed by atoms with Crippen LogP contribution >= 0.6 is 0 Å². The van der Waals surface area contributed by atoms with Crippen LogP contribution in [-0.4, -0.2) is 45.5 Å². The summed E-state index contributed by atoms with van der Waals surface area (Å²) in [5, 5.41) is 18.5. The number of nitrogens with zero attached hydrogens (tertiary/aromatic N) is 2. The molecule has 1 atom stereocenters. The maximum atomic E-state index is 12.8. The van der Waals surface area contributed by atoms with Crippen LogP contribution in [0.15, 0.2) is 54.7 Å². The summed E-state index contributed by atoms with van der Waals surface area (Å²) in [6, 6.07) is 14.9. The van der Waals surface area contributed by atoms with E-state index in [0.717, 1.165) is 33.5 Å². The van der Waals surface area contributed by atoms with Crippen molar-refractivity contribution in [2.24, 2.45) is 7.05 Å². The number of benzene rings is 2. The van der Waals surface area contributed by atoms with Gasteiger partial charge < -0.3 is 20.5 Å². The third-order valence-electron chi connectivity index (χ3n) is 6.39. The third kappa shape index (κ3) is 5.34. The summed E-state index contributed by atoms with van der Waals surface area (Å²) in [6.45, 7) is 2.20. The molecule has 1 aliphatic rings. The first kappa shape index (κ1) is 24.0. The van der Waals surface area contributed by atoms with Crippen LogP contribution in [-0.2, 0) is 27.9 Å². The van der Waals surface area contributed by atoms with Gasteiger partial charge in [-0.3, -0.25) is 14.3 Å². The van der Waals surface area contributed by atoms with E-state index in [1.807, 2.05) is 55.5 Å². The van der Waals surface area contributed by atoms with Crippen LogP contribution in [0.4, 0.5) is 4.79 Å². The number of rotatable bonds is 9. The van der Waals surface area contributed by atoms with E-state index in [1.54, 1.807) is 17.9 Å². The fraction of sp³-hybridized carbons (Fsp3) is 0.308. The Morgan fingerprint density at radius 1 is 1.09 bits per heavy atom. The molecule has 0 aliphatic heterocycles. The van der Waals surface area contributed by atoms with Gasteiger partial charge in [0.2, 0.25) is 5.91 Å². The van der Waals surface area contributed by atoms with Crippen LogP contribution in [0.3, 0.4) is 0 Å². The van der Waals surface area contributed by atoms with Crippen LogP contribution in [0.1, 0.15) is 41.1 Å². The van der Waals surface area contributed by atoms with Crippen molar-refractivity contribution in [3.63, 3.8) is 0 Å². The average Bonchev–Trinajstić information content (AvgIpc) is 3.35. The molecule has 4 rings (SSSR count). The van der Waals surface area contributed by atoms with Gasteiger partial charge in [-0.25, -0.2) is 4.79 Å². The number of hydrogen-bond acceptors (Lipinski definition) is 5. The molecule has 1 aliphatic carbocycles. The number of aliphatic carboxylic acids is 1. The summed E-state index contributed by atoms with van der Waals surface area (Å²) in [7, 11) is 1.80. The second-order valence-electron chi connectivity index (χ2n) is 8.55. The van der Waals surface area contributed by atoms with Gasteiger partial charge in [-0.2, -0.15) is 5.10 Å². The fourth-order valence-electron chi connectivity index (χ4n) is 4.34. The smallest absolute Gasteiger partial charge is 0.407 e. The fourth-order valence-corrected chi connectivity index (χ4v) is 4.34. The minimum Gasteiger partial charge on any atom is -0.481 e. The van der Waals surface area contributed by atoms with E-state index in [2.05, 4.69) is 15.7 Å². The summed E-state index contributed by atoms with van der Waals surface area (Å²) >= 11 is 0. The normalized spacial score (nSPS) is 13.0. The molecule has 9 heteroatoms. The molecule has 0 saturated heterocycles. The van der Waals surface area contributed by atoms with Gasteiger partial charge >= 0.3 is 12.1 Å². The second-order valence-corrected chi connectivity index (χ2v) is 8.55. The predicted molar refractivity (Wildman–Crippen MR) is 129 cm³/mol. The standard InChI is InChI=1S/C26H28N4O5/c1-16-17(14-28-30(16)2)13-27-25(33)23(11-12-24(31)32)29-26(34)35-15-22-20-9-5-3-7-18(20)19-8-4-6-10-21(19)22/h3-10,14,22-23H,11-13,15H2,1-2H3,(H,27,33)(H,29,34)(H,31,32). The third-order valence-corrected chi connectivity index (χ3v) is 6.39. The topological polar surface area (TPSA) is 123 Å². The number of alkyl carbamates (subject to hydrolysis) is 1. The number of amides is 2. The van der Waals surface area contributed by atoms with Crippen LogP contribution in [0.2, 0.25) is 0 Å². The second kappa shape index (κ2) is 10.4. The maximum absolute atomic E-state index is 12.8. The van der Waals surface area contributed by atoms with Gasteiger partial charge in [0.1, 0.15) is 12.6 Å². The Kier molecular flexibility index (Phi) is 7.14. The first-order valence-electron chi connectivity index (χ1n) is 11.4. The lowest BCUT2D eigenvalue weighted by atomic mass is 9.98. The number of hydrogen-bond donors (Lipinski definition) is 3. The molecule has 0 saturated carbocycles. The zero-order chi connectivity index (χ0) is 24.9. The number of nitrogens with one attached hydrogen (secondary N) is 2. The molecule has 0 bridgehead atoms.